The van der Waals surface area contributed by atoms with Crippen LogP contribution in [0.1, 0.15) is 28.4 Å². The van der Waals surface area contributed by atoms with Gasteiger partial charge < -0.3 is 19.5 Å². The number of aliphatic hydroxyl groups is 1. The van der Waals surface area contributed by atoms with Gasteiger partial charge in [0, 0.05) is 17.3 Å². The van der Waals surface area contributed by atoms with Gasteiger partial charge in [0.1, 0.15) is 23.3 Å². The van der Waals surface area contributed by atoms with Crippen LogP contribution in [0.25, 0.3) is 5.76 Å². The van der Waals surface area contributed by atoms with Crippen molar-refractivity contribution in [3.63, 3.8) is 0 Å². The number of pyridine rings is 1. The number of aryl methyl sites for hydroxylation is 1. The predicted molar refractivity (Wildman–Crippen MR) is 123 cm³/mol. The summed E-state index contributed by atoms with van der Waals surface area (Å²) >= 11 is 0. The lowest BCUT2D eigenvalue weighted by Crippen LogP contribution is -2.29. The second-order valence-corrected chi connectivity index (χ2v) is 7.68. The number of ether oxygens (including phenoxy) is 2. The summed E-state index contributed by atoms with van der Waals surface area (Å²) in [7, 11) is 3.11. The summed E-state index contributed by atoms with van der Waals surface area (Å²) in [5, 5.41) is 11.2. The van der Waals surface area contributed by atoms with Gasteiger partial charge in [0.25, 0.3) is 11.7 Å². The Balaban J connectivity index is 1.86. The van der Waals surface area contributed by atoms with Gasteiger partial charge in [0.2, 0.25) is 0 Å². The van der Waals surface area contributed by atoms with E-state index in [1.807, 2.05) is 25.1 Å². The third-order valence-electron chi connectivity index (χ3n) is 5.71. The lowest BCUT2D eigenvalue weighted by Gasteiger charge is -2.25. The molecule has 168 valence electrons. The monoisotopic (exact) mass is 444 g/mol. The maximum atomic E-state index is 13.2. The standard InChI is InChI=1S/C26H24N2O5/c1-16-14-17(11-12-20(16)32-2)24(29)22-23(19-9-6-7-13-27-19)28(26(31)25(22)30)15-18-8-4-5-10-21(18)33-3/h4-14,23,29H,15H2,1-3H3/b24-22-. The van der Waals surface area contributed by atoms with Crippen LogP contribution in [0.4, 0.5) is 0 Å². The molecule has 4 rings (SSSR count). The minimum Gasteiger partial charge on any atom is -0.507 e. The van der Waals surface area contributed by atoms with Crippen LogP contribution in [0.2, 0.25) is 0 Å². The molecule has 0 bridgehead atoms. The summed E-state index contributed by atoms with van der Waals surface area (Å²) in [5.74, 6) is -0.457. The van der Waals surface area contributed by atoms with Crippen molar-refractivity contribution in [1.29, 1.82) is 0 Å². The van der Waals surface area contributed by atoms with Gasteiger partial charge in [0.15, 0.2) is 0 Å². The van der Waals surface area contributed by atoms with E-state index >= 15 is 0 Å². The number of ketones is 1. The van der Waals surface area contributed by atoms with E-state index in [1.165, 1.54) is 4.90 Å². The van der Waals surface area contributed by atoms with E-state index in [1.54, 1.807) is 62.9 Å². The second kappa shape index (κ2) is 9.16. The molecule has 1 unspecified atom stereocenters. The molecule has 1 fully saturated rings. The number of aliphatic hydroxyl groups excluding tert-OH is 1. The van der Waals surface area contributed by atoms with Gasteiger partial charge in [-0.1, -0.05) is 24.3 Å². The molecule has 7 nitrogen and oxygen atoms in total. The van der Waals surface area contributed by atoms with Gasteiger partial charge in [-0.05, 0) is 48.9 Å². The van der Waals surface area contributed by atoms with Crippen molar-refractivity contribution in [1.82, 2.24) is 9.88 Å². The Labute approximate surface area is 191 Å². The number of Topliss-reactive ketones (excluding diaryl/α,β-unsaturated/α-hetero) is 1. The molecule has 33 heavy (non-hydrogen) atoms. The first-order chi connectivity index (χ1) is 16.0. The average molecular weight is 444 g/mol. The highest BCUT2D eigenvalue weighted by Crippen LogP contribution is 2.40. The number of likely N-dealkylation sites (tertiary alicyclic amines) is 1. The molecule has 1 atom stereocenters. The van der Waals surface area contributed by atoms with E-state index in [-0.39, 0.29) is 17.9 Å². The molecular formula is C26H24N2O5. The van der Waals surface area contributed by atoms with Crippen LogP contribution in [0.5, 0.6) is 11.5 Å². The maximum Gasteiger partial charge on any atom is 0.296 e. The predicted octanol–water partition coefficient (Wildman–Crippen LogP) is 4.03. The first-order valence-electron chi connectivity index (χ1n) is 10.4. The highest BCUT2D eigenvalue weighted by molar-refractivity contribution is 6.46. The molecule has 3 aromatic rings. The van der Waals surface area contributed by atoms with Crippen molar-refractivity contribution in [2.24, 2.45) is 0 Å². The Kier molecular flexibility index (Phi) is 6.13. The number of carbonyl (C=O) groups is 2. The first-order valence-corrected chi connectivity index (χ1v) is 10.4. The van der Waals surface area contributed by atoms with Gasteiger partial charge >= 0.3 is 0 Å². The normalized spacial score (nSPS) is 17.3. The Morgan fingerprint density at radius 3 is 2.39 bits per heavy atom. The van der Waals surface area contributed by atoms with Crippen LogP contribution >= 0.6 is 0 Å². The zero-order valence-electron chi connectivity index (χ0n) is 18.6. The fraction of sp³-hybridized carbons (Fsp3) is 0.192. The number of para-hydroxylation sites is 1. The van der Waals surface area contributed by atoms with Gasteiger partial charge in [-0.2, -0.15) is 0 Å². The van der Waals surface area contributed by atoms with Crippen molar-refractivity contribution in [3.8, 4) is 11.5 Å². The number of nitrogens with zero attached hydrogens (tertiary/aromatic N) is 2. The van der Waals surface area contributed by atoms with Gasteiger partial charge in [-0.25, -0.2) is 0 Å². The lowest BCUT2D eigenvalue weighted by atomic mass is 9.97. The summed E-state index contributed by atoms with van der Waals surface area (Å²) < 4.78 is 10.7. The Bertz CT molecular complexity index is 1240. The van der Waals surface area contributed by atoms with Crippen LogP contribution in [-0.2, 0) is 16.1 Å². The van der Waals surface area contributed by atoms with Gasteiger partial charge in [-0.15, -0.1) is 0 Å². The Morgan fingerprint density at radius 2 is 1.73 bits per heavy atom. The molecule has 2 heterocycles. The molecule has 1 aromatic heterocycles. The molecule has 1 N–H and O–H groups in total. The number of benzene rings is 2. The smallest absolute Gasteiger partial charge is 0.296 e. The molecule has 1 amide bonds. The quantitative estimate of drug-likeness (QED) is 0.351. The average Bonchev–Trinajstić information content (AvgIpc) is 3.09. The number of aromatic nitrogens is 1. The molecule has 1 aliphatic rings. The zero-order chi connectivity index (χ0) is 23.5. The summed E-state index contributed by atoms with van der Waals surface area (Å²) in [6, 6.07) is 16.8. The zero-order valence-corrected chi connectivity index (χ0v) is 18.6. The summed E-state index contributed by atoms with van der Waals surface area (Å²) in [6.07, 6.45) is 1.59. The third kappa shape index (κ3) is 4.05. The second-order valence-electron chi connectivity index (χ2n) is 7.68. The van der Waals surface area contributed by atoms with Crippen LogP contribution in [0.3, 0.4) is 0 Å². The minimum absolute atomic E-state index is 0.00170. The van der Waals surface area contributed by atoms with E-state index in [4.69, 9.17) is 9.47 Å². The highest BCUT2D eigenvalue weighted by atomic mass is 16.5. The largest absolute Gasteiger partial charge is 0.507 e. The van der Waals surface area contributed by atoms with E-state index in [0.29, 0.717) is 22.8 Å². The molecule has 0 radical (unpaired) electrons. The fourth-order valence-electron chi connectivity index (χ4n) is 4.09. The van der Waals surface area contributed by atoms with Crippen molar-refractivity contribution >= 4 is 17.4 Å². The van der Waals surface area contributed by atoms with E-state index in [0.717, 1.165) is 11.1 Å². The van der Waals surface area contributed by atoms with Gasteiger partial charge in [0.05, 0.1) is 32.0 Å². The Hall–Kier alpha value is -4.13. The summed E-state index contributed by atoms with van der Waals surface area (Å²) in [4.78, 5) is 32.1. The van der Waals surface area contributed by atoms with Crippen LogP contribution in [0, 0.1) is 6.92 Å². The van der Waals surface area contributed by atoms with E-state index in [2.05, 4.69) is 4.98 Å². The first kappa shape index (κ1) is 22.1. The van der Waals surface area contributed by atoms with Crippen molar-refractivity contribution in [2.75, 3.05) is 14.2 Å². The van der Waals surface area contributed by atoms with Crippen molar-refractivity contribution < 1.29 is 24.2 Å². The van der Waals surface area contributed by atoms with Crippen LogP contribution < -0.4 is 9.47 Å². The molecule has 0 saturated carbocycles. The van der Waals surface area contributed by atoms with Crippen LogP contribution in [0.15, 0.2) is 72.4 Å². The van der Waals surface area contributed by atoms with E-state index in [9.17, 15) is 14.7 Å². The van der Waals surface area contributed by atoms with Crippen LogP contribution in [-0.4, -0.2) is 40.9 Å². The molecule has 1 aliphatic heterocycles. The molecule has 1 saturated heterocycles. The van der Waals surface area contributed by atoms with Crippen molar-refractivity contribution in [3.05, 3.63) is 94.8 Å². The topological polar surface area (TPSA) is 89.0 Å². The van der Waals surface area contributed by atoms with Gasteiger partial charge in [-0.3, -0.25) is 14.6 Å². The third-order valence-corrected chi connectivity index (χ3v) is 5.71. The molecule has 2 aromatic carbocycles. The lowest BCUT2D eigenvalue weighted by molar-refractivity contribution is -0.140. The number of hydrogen-bond donors (Lipinski definition) is 1. The van der Waals surface area contributed by atoms with E-state index < -0.39 is 17.7 Å². The summed E-state index contributed by atoms with van der Waals surface area (Å²) in [6.45, 7) is 1.96. The molecule has 0 spiro atoms. The number of carbonyl (C=O) groups excluding carboxylic acids is 2. The molecule has 7 heteroatoms. The fourth-order valence-corrected chi connectivity index (χ4v) is 4.09. The number of rotatable bonds is 6. The highest BCUT2D eigenvalue weighted by Gasteiger charge is 2.47. The number of hydrogen-bond acceptors (Lipinski definition) is 6. The Morgan fingerprint density at radius 1 is 1.00 bits per heavy atom. The SMILES string of the molecule is COc1ccc(/C(O)=C2/C(=O)C(=O)N(Cc3ccccc3OC)C2c2ccccn2)cc1C. The minimum atomic E-state index is -0.849. The summed E-state index contributed by atoms with van der Waals surface area (Å²) in [5.41, 5.74) is 2.43. The molecule has 0 aliphatic carbocycles. The number of amides is 1. The number of methoxy groups -OCH3 is 2. The van der Waals surface area contributed by atoms with Crippen molar-refractivity contribution in [2.45, 2.75) is 19.5 Å². The maximum absolute atomic E-state index is 13.2. The molecular weight excluding hydrogens is 420 g/mol.